The Balaban J connectivity index is 1.99. The Bertz CT molecular complexity index is 978. The van der Waals surface area contributed by atoms with Crippen LogP contribution in [0.2, 0.25) is 0 Å². The largest absolute Gasteiger partial charge is 0.295 e. The summed E-state index contributed by atoms with van der Waals surface area (Å²) < 4.78 is 0. The Hall–Kier alpha value is -3.07. The van der Waals surface area contributed by atoms with Gasteiger partial charge in [0.15, 0.2) is 11.6 Å². The van der Waals surface area contributed by atoms with Gasteiger partial charge in [-0.1, -0.05) is 54.1 Å². The molecule has 27 heavy (non-hydrogen) atoms. The average molecular weight is 357 g/mol. The highest BCUT2D eigenvalue weighted by molar-refractivity contribution is 6.13. The maximum atomic E-state index is 12.9. The van der Waals surface area contributed by atoms with Crippen molar-refractivity contribution in [2.45, 2.75) is 33.6 Å². The molecule has 0 radical (unpaired) electrons. The van der Waals surface area contributed by atoms with Gasteiger partial charge < -0.3 is 0 Å². The first-order chi connectivity index (χ1) is 12.9. The van der Waals surface area contributed by atoms with E-state index in [1.54, 1.807) is 13.0 Å². The number of allylic oxidation sites excluding steroid dienone is 4. The maximum Gasteiger partial charge on any atom is 0.185 e. The van der Waals surface area contributed by atoms with E-state index in [0.29, 0.717) is 17.7 Å². The fourth-order valence-electron chi connectivity index (χ4n) is 3.25. The van der Waals surface area contributed by atoms with E-state index in [9.17, 15) is 9.59 Å². The van der Waals surface area contributed by atoms with E-state index in [1.807, 2.05) is 68.5 Å². The zero-order valence-corrected chi connectivity index (χ0v) is 16.0. The van der Waals surface area contributed by atoms with Gasteiger partial charge in [0.25, 0.3) is 0 Å². The van der Waals surface area contributed by atoms with Crippen molar-refractivity contribution in [2.24, 2.45) is 4.99 Å². The van der Waals surface area contributed by atoms with Crippen molar-refractivity contribution in [1.29, 1.82) is 0 Å². The number of ketones is 2. The molecule has 2 aromatic rings. The standard InChI is InChI=1S/C24H23NO2/c1-16-12-17(2)24(23(27)14-19-8-5-4-6-9-19)25-22(13-16)21-11-7-10-20(15-21)18(3)26/h4-11,13,15H,12,14H2,1-3H3. The van der Waals surface area contributed by atoms with Crippen molar-refractivity contribution in [3.63, 3.8) is 0 Å². The first kappa shape index (κ1) is 18.7. The fraction of sp³-hybridized carbons (Fsp3) is 0.208. The summed E-state index contributed by atoms with van der Waals surface area (Å²) in [5.74, 6) is 0.0286. The molecule has 1 aliphatic heterocycles. The molecule has 0 saturated heterocycles. The zero-order chi connectivity index (χ0) is 19.4. The number of benzene rings is 2. The average Bonchev–Trinajstić information content (AvgIpc) is 2.80. The molecule has 3 nitrogen and oxygen atoms in total. The van der Waals surface area contributed by atoms with Crippen molar-refractivity contribution >= 4 is 17.3 Å². The minimum atomic E-state index is 0.0128. The Labute approximate surface area is 160 Å². The normalized spacial score (nSPS) is 14.3. The number of carbonyl (C=O) groups excluding carboxylic acids is 2. The van der Waals surface area contributed by atoms with E-state index in [0.717, 1.165) is 34.4 Å². The zero-order valence-electron chi connectivity index (χ0n) is 16.0. The second kappa shape index (κ2) is 8.09. The summed E-state index contributed by atoms with van der Waals surface area (Å²) in [5, 5.41) is 0. The van der Waals surface area contributed by atoms with Crippen LogP contribution in [-0.2, 0) is 11.2 Å². The highest BCUT2D eigenvalue weighted by Gasteiger charge is 2.18. The predicted octanol–water partition coefficient (Wildman–Crippen LogP) is 5.11. The number of hydrogen-bond donors (Lipinski definition) is 0. The van der Waals surface area contributed by atoms with Gasteiger partial charge in [0, 0.05) is 17.5 Å². The number of Topliss-reactive ketones (excluding diaryl/α,β-unsaturated/α-hetero) is 2. The minimum absolute atomic E-state index is 0.0128. The summed E-state index contributed by atoms with van der Waals surface area (Å²) in [6, 6.07) is 17.1. The van der Waals surface area contributed by atoms with Crippen LogP contribution in [0.1, 0.15) is 48.7 Å². The minimum Gasteiger partial charge on any atom is -0.295 e. The van der Waals surface area contributed by atoms with Gasteiger partial charge in [-0.25, -0.2) is 4.99 Å². The molecule has 0 fully saturated rings. The van der Waals surface area contributed by atoms with E-state index < -0.39 is 0 Å². The van der Waals surface area contributed by atoms with Gasteiger partial charge in [-0.3, -0.25) is 9.59 Å². The molecule has 2 aromatic carbocycles. The SMILES string of the molecule is CC(=O)c1cccc(C2=NC(C(=O)Cc3ccccc3)=C(C)CC(C)=C2)c1. The molecule has 136 valence electrons. The summed E-state index contributed by atoms with van der Waals surface area (Å²) in [4.78, 5) is 29.4. The third-order valence-corrected chi connectivity index (χ3v) is 4.60. The van der Waals surface area contributed by atoms with Crippen LogP contribution in [0.4, 0.5) is 0 Å². The molecular formula is C24H23NO2. The lowest BCUT2D eigenvalue weighted by Gasteiger charge is -2.08. The van der Waals surface area contributed by atoms with Crippen LogP contribution in [0.25, 0.3) is 0 Å². The Morgan fingerprint density at radius 3 is 2.44 bits per heavy atom. The van der Waals surface area contributed by atoms with Gasteiger partial charge in [0.05, 0.1) is 5.71 Å². The van der Waals surface area contributed by atoms with Gasteiger partial charge in [-0.2, -0.15) is 0 Å². The maximum absolute atomic E-state index is 12.9. The monoisotopic (exact) mass is 357 g/mol. The first-order valence-corrected chi connectivity index (χ1v) is 9.08. The van der Waals surface area contributed by atoms with Crippen LogP contribution in [0.5, 0.6) is 0 Å². The van der Waals surface area contributed by atoms with E-state index in [4.69, 9.17) is 4.99 Å². The fourth-order valence-corrected chi connectivity index (χ4v) is 3.25. The topological polar surface area (TPSA) is 46.5 Å². The molecule has 0 bridgehead atoms. The predicted molar refractivity (Wildman–Crippen MR) is 109 cm³/mol. The highest BCUT2D eigenvalue weighted by atomic mass is 16.1. The Morgan fingerprint density at radius 2 is 1.74 bits per heavy atom. The molecule has 1 heterocycles. The van der Waals surface area contributed by atoms with Crippen molar-refractivity contribution in [1.82, 2.24) is 0 Å². The van der Waals surface area contributed by atoms with Gasteiger partial charge >= 0.3 is 0 Å². The highest BCUT2D eigenvalue weighted by Crippen LogP contribution is 2.24. The molecule has 3 rings (SSSR count). The van der Waals surface area contributed by atoms with Crippen LogP contribution in [-0.4, -0.2) is 17.3 Å². The molecule has 0 atom stereocenters. The lowest BCUT2D eigenvalue weighted by molar-refractivity contribution is -0.115. The molecule has 0 unspecified atom stereocenters. The van der Waals surface area contributed by atoms with Gasteiger partial charge in [0.1, 0.15) is 5.70 Å². The van der Waals surface area contributed by atoms with Crippen molar-refractivity contribution in [2.75, 3.05) is 0 Å². The summed E-state index contributed by atoms with van der Waals surface area (Å²) >= 11 is 0. The Kier molecular flexibility index (Phi) is 5.60. The van der Waals surface area contributed by atoms with Gasteiger partial charge in [-0.15, -0.1) is 0 Å². The van der Waals surface area contributed by atoms with E-state index in [-0.39, 0.29) is 11.6 Å². The smallest absolute Gasteiger partial charge is 0.185 e. The molecule has 0 amide bonds. The van der Waals surface area contributed by atoms with Crippen LogP contribution < -0.4 is 0 Å². The van der Waals surface area contributed by atoms with Crippen LogP contribution in [0, 0.1) is 0 Å². The molecular weight excluding hydrogens is 334 g/mol. The summed E-state index contributed by atoms with van der Waals surface area (Å²) in [6.07, 6.45) is 3.05. The van der Waals surface area contributed by atoms with Crippen molar-refractivity contribution < 1.29 is 9.59 Å². The third-order valence-electron chi connectivity index (χ3n) is 4.60. The summed E-state index contributed by atoms with van der Waals surface area (Å²) in [7, 11) is 0. The summed E-state index contributed by atoms with van der Waals surface area (Å²) in [5.41, 5.74) is 5.83. The number of aliphatic imine (C=N–C) groups is 1. The Morgan fingerprint density at radius 1 is 1.00 bits per heavy atom. The van der Waals surface area contributed by atoms with Gasteiger partial charge in [-0.05, 0) is 50.5 Å². The van der Waals surface area contributed by atoms with Gasteiger partial charge in [0.2, 0.25) is 0 Å². The second-order valence-corrected chi connectivity index (χ2v) is 7.02. The molecule has 3 heteroatoms. The molecule has 1 aliphatic rings. The number of nitrogens with zero attached hydrogens (tertiary/aromatic N) is 1. The van der Waals surface area contributed by atoms with E-state index >= 15 is 0 Å². The third kappa shape index (κ3) is 4.56. The molecule has 0 saturated carbocycles. The summed E-state index contributed by atoms with van der Waals surface area (Å²) in [6.45, 7) is 5.56. The molecule has 0 spiro atoms. The first-order valence-electron chi connectivity index (χ1n) is 9.08. The second-order valence-electron chi connectivity index (χ2n) is 7.02. The van der Waals surface area contributed by atoms with Crippen molar-refractivity contribution in [3.8, 4) is 0 Å². The van der Waals surface area contributed by atoms with Crippen molar-refractivity contribution in [3.05, 3.63) is 94.2 Å². The quantitative estimate of drug-likeness (QED) is 0.698. The lowest BCUT2D eigenvalue weighted by Crippen LogP contribution is -2.09. The number of rotatable bonds is 5. The molecule has 0 aromatic heterocycles. The van der Waals surface area contributed by atoms with E-state index in [1.165, 1.54) is 0 Å². The molecule has 0 aliphatic carbocycles. The van der Waals surface area contributed by atoms with Crippen LogP contribution in [0.3, 0.4) is 0 Å². The number of hydrogen-bond acceptors (Lipinski definition) is 3. The molecule has 0 N–H and O–H groups in total. The van der Waals surface area contributed by atoms with Crippen LogP contribution in [0.15, 0.2) is 82.5 Å². The van der Waals surface area contributed by atoms with E-state index in [2.05, 4.69) is 0 Å². The lowest BCUT2D eigenvalue weighted by atomic mass is 10.0. The number of carbonyl (C=O) groups is 2. The van der Waals surface area contributed by atoms with Crippen LogP contribution >= 0.6 is 0 Å².